The van der Waals surface area contributed by atoms with Crippen LogP contribution < -0.4 is 10.6 Å². The Labute approximate surface area is 102 Å². The van der Waals surface area contributed by atoms with Crippen LogP contribution in [0.5, 0.6) is 0 Å². The Hall–Kier alpha value is -2.70. The number of benzene rings is 1. The van der Waals surface area contributed by atoms with Crippen molar-refractivity contribution in [1.29, 1.82) is 0 Å². The molecule has 3 rings (SSSR count). The third kappa shape index (κ3) is 1.81. The zero-order chi connectivity index (χ0) is 12.4. The molecule has 2 N–H and O–H groups in total. The first-order valence-corrected chi connectivity index (χ1v) is 5.37. The molecule has 7 nitrogen and oxygen atoms in total. The smallest absolute Gasteiger partial charge is 0.245 e. The van der Waals surface area contributed by atoms with Gasteiger partial charge in [0.05, 0.1) is 0 Å². The number of hydrogen-bond donors (Lipinski definition) is 2. The lowest BCUT2D eigenvalue weighted by Crippen LogP contribution is -2.02. The van der Waals surface area contributed by atoms with Crippen molar-refractivity contribution >= 4 is 28.6 Å². The van der Waals surface area contributed by atoms with Gasteiger partial charge in [-0.15, -0.1) is 0 Å². The van der Waals surface area contributed by atoms with Crippen LogP contribution in [0.4, 0.5) is 17.3 Å². The average Bonchev–Trinajstić information content (AvgIpc) is 2.86. The molecular formula is C11H10N6O. The number of anilines is 3. The van der Waals surface area contributed by atoms with Gasteiger partial charge in [-0.05, 0) is 22.4 Å². The summed E-state index contributed by atoms with van der Waals surface area (Å²) in [5, 5.41) is 13.4. The standard InChI is InChI=1S/C11H10N6O/c1-12-8-9(13-7-5-3-2-4-6-7)15-11-10(14-8)16-18-17-11/h2-6H,1H3,(H,12,14,16)(H,13,15,17). The number of nitrogens with zero attached hydrogens (tertiary/aromatic N) is 4. The van der Waals surface area contributed by atoms with Gasteiger partial charge in [-0.1, -0.05) is 18.2 Å². The Morgan fingerprint density at radius 2 is 1.61 bits per heavy atom. The van der Waals surface area contributed by atoms with Gasteiger partial charge in [0.1, 0.15) is 0 Å². The molecule has 0 aliphatic heterocycles. The molecule has 0 unspecified atom stereocenters. The van der Waals surface area contributed by atoms with E-state index < -0.39 is 0 Å². The predicted molar refractivity (Wildman–Crippen MR) is 66.7 cm³/mol. The molecule has 2 heterocycles. The maximum atomic E-state index is 4.59. The van der Waals surface area contributed by atoms with Crippen LogP contribution in [-0.2, 0) is 0 Å². The number of para-hydroxylation sites is 1. The minimum absolute atomic E-state index is 0.368. The number of fused-ring (bicyclic) bond motifs is 1. The van der Waals surface area contributed by atoms with Crippen LogP contribution in [0.3, 0.4) is 0 Å². The van der Waals surface area contributed by atoms with Crippen molar-refractivity contribution in [3.63, 3.8) is 0 Å². The van der Waals surface area contributed by atoms with Gasteiger partial charge in [0, 0.05) is 12.7 Å². The van der Waals surface area contributed by atoms with Gasteiger partial charge < -0.3 is 10.6 Å². The zero-order valence-electron chi connectivity index (χ0n) is 9.58. The zero-order valence-corrected chi connectivity index (χ0v) is 9.58. The van der Waals surface area contributed by atoms with Gasteiger partial charge in [-0.25, -0.2) is 14.6 Å². The van der Waals surface area contributed by atoms with E-state index in [-0.39, 0.29) is 0 Å². The summed E-state index contributed by atoms with van der Waals surface area (Å²) >= 11 is 0. The lowest BCUT2D eigenvalue weighted by Gasteiger charge is -2.08. The first-order chi connectivity index (χ1) is 8.86. The molecule has 0 atom stereocenters. The molecule has 0 radical (unpaired) electrons. The summed E-state index contributed by atoms with van der Waals surface area (Å²) in [6.07, 6.45) is 0. The highest BCUT2D eigenvalue weighted by Crippen LogP contribution is 2.22. The first kappa shape index (κ1) is 10.5. The molecule has 0 spiro atoms. The van der Waals surface area contributed by atoms with Crippen LogP contribution in [0.1, 0.15) is 0 Å². The van der Waals surface area contributed by atoms with Crippen LogP contribution in [0, 0.1) is 0 Å². The Kier molecular flexibility index (Phi) is 2.49. The van der Waals surface area contributed by atoms with E-state index in [9.17, 15) is 0 Å². The Balaban J connectivity index is 2.04. The molecule has 90 valence electrons. The van der Waals surface area contributed by atoms with Crippen LogP contribution in [-0.4, -0.2) is 27.3 Å². The predicted octanol–water partition coefficient (Wildman–Crippen LogP) is 1.80. The maximum absolute atomic E-state index is 4.59. The van der Waals surface area contributed by atoms with Gasteiger partial charge in [0.2, 0.25) is 11.3 Å². The van der Waals surface area contributed by atoms with E-state index in [1.54, 1.807) is 7.05 Å². The highest BCUT2D eigenvalue weighted by molar-refractivity contribution is 5.76. The van der Waals surface area contributed by atoms with E-state index in [2.05, 4.69) is 35.5 Å². The molecule has 3 aromatic rings. The molecule has 0 amide bonds. The number of rotatable bonds is 3. The summed E-state index contributed by atoms with van der Waals surface area (Å²) in [5.74, 6) is 1.16. The lowest BCUT2D eigenvalue weighted by atomic mass is 10.3. The minimum Gasteiger partial charge on any atom is -0.370 e. The second kappa shape index (κ2) is 4.28. The summed E-state index contributed by atoms with van der Waals surface area (Å²) in [4.78, 5) is 8.54. The maximum Gasteiger partial charge on any atom is 0.245 e. The normalized spacial score (nSPS) is 10.5. The van der Waals surface area contributed by atoms with E-state index in [0.717, 1.165) is 5.69 Å². The van der Waals surface area contributed by atoms with Crippen LogP contribution in [0.2, 0.25) is 0 Å². The SMILES string of the molecule is CNc1nc2nonc2nc1Nc1ccccc1. The van der Waals surface area contributed by atoms with Gasteiger partial charge >= 0.3 is 0 Å². The highest BCUT2D eigenvalue weighted by Gasteiger charge is 2.11. The van der Waals surface area contributed by atoms with Gasteiger partial charge in [0.25, 0.3) is 0 Å². The summed E-state index contributed by atoms with van der Waals surface area (Å²) in [5.41, 5.74) is 1.66. The molecule has 0 bridgehead atoms. The van der Waals surface area contributed by atoms with Crippen LogP contribution in [0.15, 0.2) is 35.0 Å². The highest BCUT2D eigenvalue weighted by atomic mass is 16.6. The molecule has 1 aromatic carbocycles. The Morgan fingerprint density at radius 1 is 0.944 bits per heavy atom. The monoisotopic (exact) mass is 242 g/mol. The molecule has 2 aromatic heterocycles. The fourth-order valence-electron chi connectivity index (χ4n) is 1.56. The van der Waals surface area contributed by atoms with Gasteiger partial charge in [-0.3, -0.25) is 0 Å². The van der Waals surface area contributed by atoms with Crippen molar-refractivity contribution in [3.05, 3.63) is 30.3 Å². The molecule has 0 aliphatic rings. The van der Waals surface area contributed by atoms with Crippen LogP contribution in [0.25, 0.3) is 11.3 Å². The van der Waals surface area contributed by atoms with Crippen molar-refractivity contribution < 1.29 is 4.63 Å². The summed E-state index contributed by atoms with van der Waals surface area (Å²) in [7, 11) is 1.76. The fraction of sp³-hybridized carbons (Fsp3) is 0.0909. The summed E-state index contributed by atoms with van der Waals surface area (Å²) in [6, 6.07) is 9.69. The van der Waals surface area contributed by atoms with Crippen molar-refractivity contribution in [1.82, 2.24) is 20.3 Å². The van der Waals surface area contributed by atoms with Crippen molar-refractivity contribution in [2.24, 2.45) is 0 Å². The quantitative estimate of drug-likeness (QED) is 0.723. The summed E-state index contributed by atoms with van der Waals surface area (Å²) < 4.78 is 4.59. The number of hydrogen-bond acceptors (Lipinski definition) is 7. The van der Waals surface area contributed by atoms with Crippen molar-refractivity contribution in [2.75, 3.05) is 17.7 Å². The lowest BCUT2D eigenvalue weighted by molar-refractivity contribution is 0.314. The molecule has 0 saturated carbocycles. The van der Waals surface area contributed by atoms with E-state index in [0.29, 0.717) is 22.9 Å². The topological polar surface area (TPSA) is 88.8 Å². The van der Waals surface area contributed by atoms with Crippen molar-refractivity contribution in [3.8, 4) is 0 Å². The molecule has 0 fully saturated rings. The van der Waals surface area contributed by atoms with E-state index in [1.807, 2.05) is 30.3 Å². The van der Waals surface area contributed by atoms with Crippen LogP contribution >= 0.6 is 0 Å². The third-order valence-corrected chi connectivity index (χ3v) is 2.39. The Morgan fingerprint density at radius 3 is 2.28 bits per heavy atom. The third-order valence-electron chi connectivity index (χ3n) is 2.39. The first-order valence-electron chi connectivity index (χ1n) is 5.37. The second-order valence-corrected chi connectivity index (χ2v) is 3.57. The minimum atomic E-state index is 0.368. The van der Waals surface area contributed by atoms with E-state index >= 15 is 0 Å². The molecule has 0 aliphatic carbocycles. The van der Waals surface area contributed by atoms with Gasteiger partial charge in [-0.2, -0.15) is 0 Å². The van der Waals surface area contributed by atoms with Crippen molar-refractivity contribution in [2.45, 2.75) is 0 Å². The molecule has 0 saturated heterocycles. The average molecular weight is 242 g/mol. The molecule has 7 heteroatoms. The van der Waals surface area contributed by atoms with Gasteiger partial charge in [0.15, 0.2) is 11.6 Å². The van der Waals surface area contributed by atoms with E-state index in [1.165, 1.54) is 0 Å². The number of nitrogens with one attached hydrogen (secondary N) is 2. The largest absolute Gasteiger partial charge is 0.370 e. The fourth-order valence-corrected chi connectivity index (χ4v) is 1.56. The molecule has 18 heavy (non-hydrogen) atoms. The molecular weight excluding hydrogens is 232 g/mol. The second-order valence-electron chi connectivity index (χ2n) is 3.57. The summed E-state index contributed by atoms with van der Waals surface area (Å²) in [6.45, 7) is 0. The Bertz CT molecular complexity index is 666. The van der Waals surface area contributed by atoms with E-state index in [4.69, 9.17) is 0 Å². The number of aromatic nitrogens is 4.